The summed E-state index contributed by atoms with van der Waals surface area (Å²) in [6.45, 7) is 12.6. The van der Waals surface area contributed by atoms with Gasteiger partial charge < -0.3 is 16.0 Å². The van der Waals surface area contributed by atoms with Crippen LogP contribution in [0.5, 0.6) is 0 Å². The van der Waals surface area contributed by atoms with Gasteiger partial charge >= 0.3 is 0 Å². The first-order valence-corrected chi connectivity index (χ1v) is 12.9. The van der Waals surface area contributed by atoms with Crippen LogP contribution in [0, 0.1) is 18.3 Å². The van der Waals surface area contributed by atoms with Crippen LogP contribution in [0.25, 0.3) is 0 Å². The third-order valence-electron chi connectivity index (χ3n) is 4.62. The molecule has 0 bridgehead atoms. The van der Waals surface area contributed by atoms with Gasteiger partial charge in [-0.3, -0.25) is 10.2 Å². The standard InChI is InChI=1S/C12H12ClN5.C9H11NO.C5H10.C4H10/c1-16-12-9(11(15)17-6-18-12)10(14)7-2-4-8(13)5-3-7;1-8-5-3-4-6-9(8)10(2)7-11;1-3-5-4-2;1-4(2)3/h2-6,14H,1H3,(H3,15,16,17,18);3-7H,1-2H3;3,5H,4H2,1-2H3;4H,1-3H3/b;;5-3+;. The van der Waals surface area contributed by atoms with Crippen LogP contribution in [-0.2, 0) is 4.79 Å². The Morgan fingerprint density at radius 3 is 2.16 bits per heavy atom. The van der Waals surface area contributed by atoms with Crippen molar-refractivity contribution in [1.82, 2.24) is 9.97 Å². The van der Waals surface area contributed by atoms with Gasteiger partial charge in [0, 0.05) is 30.4 Å². The predicted molar refractivity (Wildman–Crippen MR) is 165 cm³/mol. The highest BCUT2D eigenvalue weighted by Gasteiger charge is 2.15. The topological polar surface area (TPSA) is 108 Å². The zero-order chi connectivity index (χ0) is 29.1. The second kappa shape index (κ2) is 19.4. The number of anilines is 3. The normalized spacial score (nSPS) is 9.74. The summed E-state index contributed by atoms with van der Waals surface area (Å²) in [5.74, 6) is 1.64. The molecule has 0 aliphatic rings. The van der Waals surface area contributed by atoms with Crippen LogP contribution in [0.3, 0.4) is 0 Å². The van der Waals surface area contributed by atoms with Crippen molar-refractivity contribution in [2.75, 3.05) is 30.0 Å². The van der Waals surface area contributed by atoms with Gasteiger partial charge in [0.2, 0.25) is 6.41 Å². The van der Waals surface area contributed by atoms with Gasteiger partial charge in [-0.15, -0.1) is 0 Å². The van der Waals surface area contributed by atoms with Crippen LogP contribution in [0.2, 0.25) is 5.02 Å². The number of rotatable bonds is 6. The number of nitrogens with two attached hydrogens (primary N) is 1. The summed E-state index contributed by atoms with van der Waals surface area (Å²) in [7, 11) is 3.47. The number of aromatic nitrogens is 2. The molecule has 2 aromatic carbocycles. The number of nitrogens with one attached hydrogen (secondary N) is 2. The quantitative estimate of drug-likeness (QED) is 0.172. The van der Waals surface area contributed by atoms with E-state index in [2.05, 4.69) is 55.1 Å². The lowest BCUT2D eigenvalue weighted by molar-refractivity contribution is -0.107. The average molecular weight is 539 g/mol. The van der Waals surface area contributed by atoms with Crippen molar-refractivity contribution in [3.05, 3.63) is 88.7 Å². The maximum atomic E-state index is 10.4. The van der Waals surface area contributed by atoms with Gasteiger partial charge in [0.15, 0.2) is 0 Å². The Bertz CT molecular complexity index is 1130. The first-order valence-electron chi connectivity index (χ1n) is 12.5. The molecule has 1 heterocycles. The molecule has 0 spiro atoms. The van der Waals surface area contributed by atoms with Crippen LogP contribution >= 0.6 is 11.6 Å². The van der Waals surface area contributed by atoms with Crippen molar-refractivity contribution < 1.29 is 4.79 Å². The first kappa shape index (κ1) is 34.3. The molecule has 1 amide bonds. The molecule has 0 atom stereocenters. The van der Waals surface area contributed by atoms with Crippen LogP contribution in [0.4, 0.5) is 17.3 Å². The van der Waals surface area contributed by atoms with E-state index >= 15 is 0 Å². The van der Waals surface area contributed by atoms with Gasteiger partial charge in [0.1, 0.15) is 18.0 Å². The Morgan fingerprint density at radius 2 is 1.71 bits per heavy atom. The highest BCUT2D eigenvalue weighted by molar-refractivity contribution is 6.30. The van der Waals surface area contributed by atoms with Crippen molar-refractivity contribution in [1.29, 1.82) is 5.41 Å². The molecule has 1 aromatic heterocycles. The number of aryl methyl sites for hydroxylation is 1. The van der Waals surface area contributed by atoms with Crippen molar-refractivity contribution in [3.63, 3.8) is 0 Å². The molecular formula is C30H43ClN6O. The van der Waals surface area contributed by atoms with Gasteiger partial charge in [-0.1, -0.05) is 81.8 Å². The zero-order valence-corrected chi connectivity index (χ0v) is 24.7. The predicted octanol–water partition coefficient (Wildman–Crippen LogP) is 7.39. The lowest BCUT2D eigenvalue weighted by Crippen LogP contribution is -2.14. The highest BCUT2D eigenvalue weighted by Crippen LogP contribution is 2.22. The molecule has 3 aromatic rings. The maximum absolute atomic E-state index is 10.4. The number of hydrogen-bond donors (Lipinski definition) is 3. The molecule has 0 saturated carbocycles. The van der Waals surface area contributed by atoms with E-state index < -0.39 is 0 Å². The number of carbonyl (C=O) groups is 1. The number of carbonyl (C=O) groups excluding carboxylic acids is 1. The molecule has 0 aliphatic carbocycles. The Balaban J connectivity index is 0.000000580. The molecule has 7 nitrogen and oxygen atoms in total. The second-order valence-corrected chi connectivity index (χ2v) is 9.26. The molecular weight excluding hydrogens is 496 g/mol. The maximum Gasteiger partial charge on any atom is 0.213 e. The van der Waals surface area contributed by atoms with Gasteiger partial charge in [-0.25, -0.2) is 9.97 Å². The van der Waals surface area contributed by atoms with Crippen LogP contribution < -0.4 is 16.0 Å². The lowest BCUT2D eigenvalue weighted by atomic mass is 10.0. The third kappa shape index (κ3) is 13.0. The van der Waals surface area contributed by atoms with E-state index in [1.807, 2.05) is 38.1 Å². The molecule has 8 heteroatoms. The Kier molecular flexibility index (Phi) is 17.5. The lowest BCUT2D eigenvalue weighted by Gasteiger charge is -2.12. The largest absolute Gasteiger partial charge is 0.383 e. The summed E-state index contributed by atoms with van der Waals surface area (Å²) in [5, 5.41) is 11.7. The fraction of sp³-hybridized carbons (Fsp3) is 0.333. The van der Waals surface area contributed by atoms with E-state index in [0.717, 1.165) is 30.0 Å². The minimum absolute atomic E-state index is 0.258. The van der Waals surface area contributed by atoms with E-state index in [1.165, 1.54) is 6.33 Å². The molecule has 206 valence electrons. The van der Waals surface area contributed by atoms with Crippen LogP contribution in [0.1, 0.15) is 57.7 Å². The average Bonchev–Trinajstić information content (AvgIpc) is 2.89. The first-order chi connectivity index (χ1) is 18.0. The van der Waals surface area contributed by atoms with Crippen molar-refractivity contribution in [3.8, 4) is 0 Å². The van der Waals surface area contributed by atoms with E-state index in [4.69, 9.17) is 22.7 Å². The molecule has 0 radical (unpaired) electrons. The number of halogens is 1. The van der Waals surface area contributed by atoms with Gasteiger partial charge in [0.05, 0.1) is 11.3 Å². The minimum Gasteiger partial charge on any atom is -0.383 e. The van der Waals surface area contributed by atoms with E-state index in [1.54, 1.807) is 43.3 Å². The summed E-state index contributed by atoms with van der Waals surface area (Å²) >= 11 is 5.82. The van der Waals surface area contributed by atoms with Gasteiger partial charge in [0.25, 0.3) is 0 Å². The zero-order valence-electron chi connectivity index (χ0n) is 23.9. The Hall–Kier alpha value is -3.71. The van der Waals surface area contributed by atoms with Crippen LogP contribution in [0.15, 0.2) is 67.0 Å². The molecule has 3 rings (SSSR count). The third-order valence-corrected chi connectivity index (χ3v) is 4.87. The summed E-state index contributed by atoms with van der Waals surface area (Å²) in [4.78, 5) is 19.9. The molecule has 0 fully saturated rings. The SMILES string of the molecule is C/C=C/CC.CC(C)C.CNc1ncnc(N)c1C(=N)c1ccc(Cl)cc1.Cc1ccccc1N(C)C=O. The molecule has 0 aliphatic heterocycles. The van der Waals surface area contributed by atoms with Crippen LogP contribution in [-0.4, -0.2) is 36.2 Å². The fourth-order valence-electron chi connectivity index (χ4n) is 2.85. The Morgan fingerprint density at radius 1 is 1.13 bits per heavy atom. The molecule has 4 N–H and O–H groups in total. The number of nitrogens with zero attached hydrogens (tertiary/aromatic N) is 3. The van der Waals surface area contributed by atoms with Crippen molar-refractivity contribution >= 4 is 41.0 Å². The van der Waals surface area contributed by atoms with E-state index in [0.29, 0.717) is 22.0 Å². The van der Waals surface area contributed by atoms with Gasteiger partial charge in [-0.2, -0.15) is 0 Å². The van der Waals surface area contributed by atoms with E-state index in [-0.39, 0.29) is 11.5 Å². The summed E-state index contributed by atoms with van der Waals surface area (Å²) in [6.07, 6.45) is 7.51. The van der Waals surface area contributed by atoms with E-state index in [9.17, 15) is 4.79 Å². The number of hydrogen-bond acceptors (Lipinski definition) is 6. The number of allylic oxidation sites excluding steroid dienone is 2. The van der Waals surface area contributed by atoms with Gasteiger partial charge in [-0.05, 0) is 49.9 Å². The number of amides is 1. The summed E-state index contributed by atoms with van der Waals surface area (Å²) < 4.78 is 0. The minimum atomic E-state index is 0.258. The number of nitrogen functional groups attached to an aromatic ring is 1. The van der Waals surface area contributed by atoms with Crippen molar-refractivity contribution in [2.24, 2.45) is 5.92 Å². The van der Waals surface area contributed by atoms with Crippen molar-refractivity contribution in [2.45, 2.75) is 48.0 Å². The molecule has 0 saturated heterocycles. The Labute approximate surface area is 233 Å². The molecule has 0 unspecified atom stereocenters. The summed E-state index contributed by atoms with van der Waals surface area (Å²) in [5.41, 5.74) is 9.33. The highest BCUT2D eigenvalue weighted by atomic mass is 35.5. The fourth-order valence-corrected chi connectivity index (χ4v) is 2.97. The smallest absolute Gasteiger partial charge is 0.213 e. The number of benzene rings is 2. The monoisotopic (exact) mass is 538 g/mol. The summed E-state index contributed by atoms with van der Waals surface area (Å²) in [6, 6.07) is 14.8. The second-order valence-electron chi connectivity index (χ2n) is 8.83. The number of para-hydroxylation sites is 1. The molecule has 38 heavy (non-hydrogen) atoms.